The molecule has 0 bridgehead atoms. The lowest BCUT2D eigenvalue weighted by molar-refractivity contribution is 0.0530. The number of ether oxygens (including phenoxy) is 1. The molecule has 0 aliphatic carbocycles. The Balaban J connectivity index is 1.79. The van der Waals surface area contributed by atoms with Crippen LogP contribution in [0.3, 0.4) is 0 Å². The molecule has 0 unspecified atom stereocenters. The van der Waals surface area contributed by atoms with Crippen molar-refractivity contribution < 1.29 is 13.9 Å². The van der Waals surface area contributed by atoms with Gasteiger partial charge in [-0.15, -0.1) is 5.10 Å². The maximum Gasteiger partial charge on any atom is 0.293 e. The number of carbonyl (C=O) groups is 1. The normalized spacial score (nSPS) is 17.2. The summed E-state index contributed by atoms with van der Waals surface area (Å²) in [5, 5.41) is 4.30. The summed E-state index contributed by atoms with van der Waals surface area (Å²) in [5.74, 6) is 0.202. The minimum Gasteiger partial charge on any atom is -0.376 e. The van der Waals surface area contributed by atoms with Crippen LogP contribution >= 0.6 is 0 Å². The van der Waals surface area contributed by atoms with Crippen molar-refractivity contribution in [3.63, 3.8) is 0 Å². The molecular formula is C17H21FN4O2. The molecule has 1 aliphatic heterocycles. The number of benzene rings is 1. The number of amides is 1. The van der Waals surface area contributed by atoms with Gasteiger partial charge < -0.3 is 9.64 Å². The Morgan fingerprint density at radius 2 is 2.17 bits per heavy atom. The zero-order valence-electron chi connectivity index (χ0n) is 13.9. The maximum absolute atomic E-state index is 13.1. The van der Waals surface area contributed by atoms with E-state index in [9.17, 15) is 9.18 Å². The van der Waals surface area contributed by atoms with E-state index in [4.69, 9.17) is 4.74 Å². The van der Waals surface area contributed by atoms with Crippen molar-refractivity contribution in [2.45, 2.75) is 32.8 Å². The van der Waals surface area contributed by atoms with Crippen molar-refractivity contribution >= 4 is 5.91 Å². The van der Waals surface area contributed by atoms with Crippen LogP contribution in [-0.4, -0.2) is 51.4 Å². The zero-order chi connectivity index (χ0) is 17.1. The van der Waals surface area contributed by atoms with Crippen molar-refractivity contribution in [2.75, 3.05) is 19.7 Å². The number of carbonyl (C=O) groups excluding carboxylic acids is 1. The van der Waals surface area contributed by atoms with Gasteiger partial charge in [0, 0.05) is 19.7 Å². The van der Waals surface area contributed by atoms with E-state index in [2.05, 4.69) is 10.1 Å². The fourth-order valence-corrected chi connectivity index (χ4v) is 2.84. The standard InChI is InChI=1S/C17H21FN4O2/c1-3-21(11-15-5-4-10-24-15)17(23)16-19-12(2)22(20-16)14-8-6-13(18)7-9-14/h6-9,15H,3-5,10-11H2,1-2H3/t15-/m0/s1. The van der Waals surface area contributed by atoms with E-state index < -0.39 is 0 Å². The number of halogens is 1. The summed E-state index contributed by atoms with van der Waals surface area (Å²) in [4.78, 5) is 18.7. The average Bonchev–Trinajstić information content (AvgIpc) is 3.22. The Hall–Kier alpha value is -2.28. The van der Waals surface area contributed by atoms with Gasteiger partial charge in [-0.2, -0.15) is 0 Å². The molecule has 1 fully saturated rings. The molecule has 1 aliphatic rings. The maximum atomic E-state index is 13.1. The lowest BCUT2D eigenvalue weighted by Gasteiger charge is -2.22. The second kappa shape index (κ2) is 7.09. The van der Waals surface area contributed by atoms with Crippen molar-refractivity contribution in [3.05, 3.63) is 41.7 Å². The summed E-state index contributed by atoms with van der Waals surface area (Å²) >= 11 is 0. The van der Waals surface area contributed by atoms with Crippen molar-refractivity contribution in [3.8, 4) is 5.69 Å². The van der Waals surface area contributed by atoms with Crippen LogP contribution in [-0.2, 0) is 4.74 Å². The largest absolute Gasteiger partial charge is 0.376 e. The summed E-state index contributed by atoms with van der Waals surface area (Å²) in [5.41, 5.74) is 0.669. The lowest BCUT2D eigenvalue weighted by Crippen LogP contribution is -2.37. The van der Waals surface area contributed by atoms with Crippen molar-refractivity contribution in [2.24, 2.45) is 0 Å². The Kier molecular flexibility index (Phi) is 4.89. The number of aromatic nitrogens is 3. The molecule has 0 radical (unpaired) electrons. The first-order chi connectivity index (χ1) is 11.6. The minimum atomic E-state index is -0.318. The van der Waals surface area contributed by atoms with Crippen molar-refractivity contribution in [1.29, 1.82) is 0 Å². The number of likely N-dealkylation sites (N-methyl/N-ethyl adjacent to an activating group) is 1. The molecule has 1 aromatic heterocycles. The van der Waals surface area contributed by atoms with Crippen LogP contribution in [0.2, 0.25) is 0 Å². The first kappa shape index (κ1) is 16.6. The number of rotatable bonds is 5. The van der Waals surface area contributed by atoms with Crippen molar-refractivity contribution in [1.82, 2.24) is 19.7 Å². The monoisotopic (exact) mass is 332 g/mol. The van der Waals surface area contributed by atoms with E-state index in [-0.39, 0.29) is 23.7 Å². The van der Waals surface area contributed by atoms with E-state index in [0.29, 0.717) is 24.6 Å². The molecule has 2 heterocycles. The minimum absolute atomic E-state index is 0.0918. The van der Waals surface area contributed by atoms with Crippen LogP contribution < -0.4 is 0 Å². The van der Waals surface area contributed by atoms with Gasteiger partial charge in [0.15, 0.2) is 0 Å². The van der Waals surface area contributed by atoms with Crippen LogP contribution in [0, 0.1) is 12.7 Å². The predicted molar refractivity (Wildman–Crippen MR) is 86.6 cm³/mol. The first-order valence-electron chi connectivity index (χ1n) is 8.19. The molecule has 0 N–H and O–H groups in total. The van der Waals surface area contributed by atoms with Crippen LogP contribution in [0.1, 0.15) is 36.2 Å². The number of nitrogens with zero attached hydrogens (tertiary/aromatic N) is 4. The highest BCUT2D eigenvalue weighted by Crippen LogP contribution is 2.15. The quantitative estimate of drug-likeness (QED) is 0.843. The van der Waals surface area contributed by atoms with Gasteiger partial charge in [0.25, 0.3) is 5.91 Å². The molecule has 0 spiro atoms. The fourth-order valence-electron chi connectivity index (χ4n) is 2.84. The second-order valence-electron chi connectivity index (χ2n) is 5.85. The van der Waals surface area contributed by atoms with Gasteiger partial charge in [-0.25, -0.2) is 14.1 Å². The first-order valence-corrected chi connectivity index (χ1v) is 8.19. The number of hydrogen-bond acceptors (Lipinski definition) is 4. The highest BCUT2D eigenvalue weighted by Gasteiger charge is 2.25. The molecule has 24 heavy (non-hydrogen) atoms. The Morgan fingerprint density at radius 1 is 1.42 bits per heavy atom. The third-order valence-electron chi connectivity index (χ3n) is 4.15. The van der Waals surface area contributed by atoms with Gasteiger partial charge >= 0.3 is 0 Å². The third-order valence-corrected chi connectivity index (χ3v) is 4.15. The number of aryl methyl sites for hydroxylation is 1. The highest BCUT2D eigenvalue weighted by molar-refractivity contribution is 5.90. The zero-order valence-corrected chi connectivity index (χ0v) is 13.9. The summed E-state index contributed by atoms with van der Waals surface area (Å²) in [7, 11) is 0. The molecule has 1 saturated heterocycles. The van der Waals surface area contributed by atoms with Gasteiger partial charge in [-0.3, -0.25) is 4.79 Å². The lowest BCUT2D eigenvalue weighted by atomic mass is 10.2. The smallest absolute Gasteiger partial charge is 0.293 e. The fraction of sp³-hybridized carbons (Fsp3) is 0.471. The molecule has 1 aromatic carbocycles. The summed E-state index contributed by atoms with van der Waals surface area (Å²) in [6, 6.07) is 5.92. The Morgan fingerprint density at radius 3 is 2.79 bits per heavy atom. The topological polar surface area (TPSA) is 60.2 Å². The summed E-state index contributed by atoms with van der Waals surface area (Å²) in [6.07, 6.45) is 2.10. The molecule has 128 valence electrons. The van der Waals surface area contributed by atoms with Gasteiger partial charge in [0.1, 0.15) is 11.6 Å². The van der Waals surface area contributed by atoms with Crippen LogP contribution in [0.5, 0.6) is 0 Å². The van der Waals surface area contributed by atoms with Gasteiger partial charge in [0.05, 0.1) is 11.8 Å². The van der Waals surface area contributed by atoms with Gasteiger partial charge in [-0.1, -0.05) is 0 Å². The summed E-state index contributed by atoms with van der Waals surface area (Å²) in [6.45, 7) is 5.58. The molecule has 1 amide bonds. The van der Waals surface area contributed by atoms with Gasteiger partial charge in [-0.05, 0) is 51.0 Å². The van der Waals surface area contributed by atoms with Crippen LogP contribution in [0.25, 0.3) is 5.69 Å². The third kappa shape index (κ3) is 3.46. The second-order valence-corrected chi connectivity index (χ2v) is 5.85. The SMILES string of the molecule is CCN(C[C@@H]1CCCO1)C(=O)c1nc(C)n(-c2ccc(F)cc2)n1. The van der Waals surface area contributed by atoms with Crippen LogP contribution in [0.15, 0.2) is 24.3 Å². The molecule has 3 rings (SSSR count). The number of hydrogen-bond donors (Lipinski definition) is 0. The summed E-state index contributed by atoms with van der Waals surface area (Å²) < 4.78 is 20.2. The van der Waals surface area contributed by atoms with Crippen LogP contribution in [0.4, 0.5) is 4.39 Å². The predicted octanol–water partition coefficient (Wildman–Crippen LogP) is 2.36. The van der Waals surface area contributed by atoms with Gasteiger partial charge in [0.2, 0.25) is 5.82 Å². The van der Waals surface area contributed by atoms with E-state index in [1.165, 1.54) is 12.1 Å². The highest BCUT2D eigenvalue weighted by atomic mass is 19.1. The average molecular weight is 332 g/mol. The van der Waals surface area contributed by atoms with E-state index in [1.807, 2.05) is 6.92 Å². The molecule has 2 aromatic rings. The Labute approximate surface area is 140 Å². The molecule has 1 atom stereocenters. The van der Waals surface area contributed by atoms with E-state index in [1.54, 1.807) is 28.6 Å². The Bertz CT molecular complexity index is 708. The molecular weight excluding hydrogens is 311 g/mol. The molecule has 6 nitrogen and oxygen atoms in total. The van der Waals surface area contributed by atoms with E-state index in [0.717, 1.165) is 19.4 Å². The molecule has 0 saturated carbocycles. The molecule has 7 heteroatoms. The van der Waals surface area contributed by atoms with E-state index >= 15 is 0 Å².